The van der Waals surface area contributed by atoms with Gasteiger partial charge in [0.1, 0.15) is 0 Å². The van der Waals surface area contributed by atoms with Crippen LogP contribution in [0.5, 0.6) is 17.2 Å². The molecule has 1 fully saturated rings. The molecule has 2 aromatic carbocycles. The zero-order valence-electron chi connectivity index (χ0n) is 15.7. The lowest BCUT2D eigenvalue weighted by Crippen LogP contribution is -2.19. The number of nitro benzene ring substituents is 1. The largest absolute Gasteiger partial charge is 0.493 e. The average Bonchev–Trinajstić information content (AvgIpc) is 3.13. The van der Waals surface area contributed by atoms with Gasteiger partial charge in [0.15, 0.2) is 16.7 Å². The molecule has 0 aromatic heterocycles. The second kappa shape index (κ2) is 9.04. The third-order valence-electron chi connectivity index (χ3n) is 3.83. The predicted molar refractivity (Wildman–Crippen MR) is 107 cm³/mol. The number of halogens is 3. The lowest BCUT2D eigenvalue weighted by atomic mass is 10.1. The summed E-state index contributed by atoms with van der Waals surface area (Å²) in [7, 11) is 1.33. The van der Waals surface area contributed by atoms with Crippen LogP contribution in [-0.4, -0.2) is 35.1 Å². The number of amidine groups is 1. The molecular formula is C18H13F3N4O5S. The average molecular weight is 454 g/mol. The van der Waals surface area contributed by atoms with Crippen molar-refractivity contribution >= 4 is 34.7 Å². The second-order valence-corrected chi connectivity index (χ2v) is 6.90. The van der Waals surface area contributed by atoms with Crippen molar-refractivity contribution in [2.75, 3.05) is 12.9 Å². The summed E-state index contributed by atoms with van der Waals surface area (Å²) in [5, 5.41) is 21.8. The van der Waals surface area contributed by atoms with E-state index in [1.807, 2.05) is 0 Å². The number of carbonyl (C=O) groups is 1. The van der Waals surface area contributed by atoms with Crippen LogP contribution in [-0.2, 0) is 11.0 Å². The molecule has 1 saturated heterocycles. The minimum absolute atomic E-state index is 0.0486. The van der Waals surface area contributed by atoms with E-state index in [1.165, 1.54) is 43.3 Å². The number of amides is 1. The van der Waals surface area contributed by atoms with Gasteiger partial charge >= 0.3 is 11.9 Å². The van der Waals surface area contributed by atoms with Crippen LogP contribution >= 0.6 is 11.8 Å². The zero-order chi connectivity index (χ0) is 22.6. The van der Waals surface area contributed by atoms with Crippen molar-refractivity contribution < 1.29 is 32.4 Å². The molecule has 1 aliphatic rings. The molecule has 31 heavy (non-hydrogen) atoms. The number of nitrogens with one attached hydrogen (secondary N) is 1. The summed E-state index contributed by atoms with van der Waals surface area (Å²) >= 11 is 1.21. The molecule has 162 valence electrons. The number of hydrogen-bond donors (Lipinski definition) is 1. The van der Waals surface area contributed by atoms with Gasteiger partial charge in [0.25, 0.3) is 0 Å². The van der Waals surface area contributed by atoms with Crippen LogP contribution in [0.15, 0.2) is 46.6 Å². The van der Waals surface area contributed by atoms with E-state index in [0.29, 0.717) is 22.9 Å². The first-order valence-corrected chi connectivity index (χ1v) is 9.41. The molecule has 1 N–H and O–H groups in total. The maximum Gasteiger partial charge on any atom is 0.416 e. The van der Waals surface area contributed by atoms with E-state index in [2.05, 4.69) is 15.5 Å². The first kappa shape index (κ1) is 22.1. The smallest absolute Gasteiger partial charge is 0.416 e. The predicted octanol–water partition coefficient (Wildman–Crippen LogP) is 3.97. The number of benzene rings is 2. The molecular weight excluding hydrogens is 441 g/mol. The molecule has 0 atom stereocenters. The summed E-state index contributed by atoms with van der Waals surface area (Å²) in [6.07, 6.45) is -3.35. The van der Waals surface area contributed by atoms with Crippen molar-refractivity contribution in [1.82, 2.24) is 5.32 Å². The third-order valence-corrected chi connectivity index (χ3v) is 4.70. The summed E-state index contributed by atoms with van der Waals surface area (Å²) in [4.78, 5) is 21.4. The number of nitro groups is 1. The molecule has 2 aromatic rings. The van der Waals surface area contributed by atoms with Crippen molar-refractivity contribution in [3.05, 3.63) is 57.6 Å². The Morgan fingerprint density at radius 1 is 1.19 bits per heavy atom. The SMILES string of the molecule is COc1cc(C=N/N=C2/NC(=O)CS2)ccc1Oc1ccc(C(F)(F)F)cc1[N+](=O)[O-]. The number of hydrogen-bond acceptors (Lipinski definition) is 8. The minimum atomic E-state index is -4.73. The fourth-order valence-corrected chi connectivity index (χ4v) is 3.05. The normalized spacial score (nSPS) is 15.4. The van der Waals surface area contributed by atoms with Crippen molar-refractivity contribution in [2.24, 2.45) is 10.2 Å². The first-order valence-electron chi connectivity index (χ1n) is 8.42. The molecule has 0 radical (unpaired) electrons. The Labute approximate surface area is 177 Å². The fourth-order valence-electron chi connectivity index (χ4n) is 2.42. The molecule has 9 nitrogen and oxygen atoms in total. The number of ether oxygens (including phenoxy) is 2. The Morgan fingerprint density at radius 3 is 2.55 bits per heavy atom. The van der Waals surface area contributed by atoms with Gasteiger partial charge in [-0.3, -0.25) is 14.9 Å². The maximum atomic E-state index is 12.8. The van der Waals surface area contributed by atoms with Gasteiger partial charge in [-0.2, -0.15) is 18.3 Å². The number of carbonyl (C=O) groups excluding carboxylic acids is 1. The third kappa shape index (κ3) is 5.51. The molecule has 0 aliphatic carbocycles. The Morgan fingerprint density at radius 2 is 1.94 bits per heavy atom. The van der Waals surface area contributed by atoms with Crippen LogP contribution in [0.25, 0.3) is 0 Å². The highest BCUT2D eigenvalue weighted by atomic mass is 32.2. The van der Waals surface area contributed by atoms with E-state index < -0.39 is 22.4 Å². The Balaban J connectivity index is 1.84. The molecule has 0 bridgehead atoms. The topological polar surface area (TPSA) is 115 Å². The van der Waals surface area contributed by atoms with E-state index in [9.17, 15) is 28.1 Å². The van der Waals surface area contributed by atoms with Crippen LogP contribution in [0.3, 0.4) is 0 Å². The zero-order valence-corrected chi connectivity index (χ0v) is 16.5. The lowest BCUT2D eigenvalue weighted by molar-refractivity contribution is -0.385. The van der Waals surface area contributed by atoms with Gasteiger partial charge in [0.05, 0.1) is 29.6 Å². The van der Waals surface area contributed by atoms with Gasteiger partial charge in [0, 0.05) is 6.07 Å². The van der Waals surface area contributed by atoms with Crippen LogP contribution in [0.1, 0.15) is 11.1 Å². The first-order chi connectivity index (χ1) is 14.7. The molecule has 1 heterocycles. The fraction of sp³-hybridized carbons (Fsp3) is 0.167. The summed E-state index contributed by atoms with van der Waals surface area (Å²) in [5.74, 6) is -0.0658. The molecule has 1 amide bonds. The van der Waals surface area contributed by atoms with Gasteiger partial charge in [-0.05, 0) is 35.9 Å². The lowest BCUT2D eigenvalue weighted by Gasteiger charge is -2.12. The molecule has 0 spiro atoms. The monoisotopic (exact) mass is 454 g/mol. The number of nitrogens with zero attached hydrogens (tertiary/aromatic N) is 3. The second-order valence-electron chi connectivity index (χ2n) is 5.94. The van der Waals surface area contributed by atoms with E-state index in [1.54, 1.807) is 0 Å². The number of rotatable bonds is 6. The molecule has 3 rings (SSSR count). The summed E-state index contributed by atoms with van der Waals surface area (Å²) in [5.41, 5.74) is -1.47. The standard InChI is InChI=1S/C18H13F3N4O5S/c1-29-15-6-10(8-22-24-17-23-16(26)9-31-17)2-4-14(15)30-13-5-3-11(18(19,20)21)7-12(13)25(27)28/h2-8H,9H2,1H3,(H,23,24,26). The van der Waals surface area contributed by atoms with E-state index in [4.69, 9.17) is 9.47 Å². The summed E-state index contributed by atoms with van der Waals surface area (Å²) < 4.78 is 49.2. The van der Waals surface area contributed by atoms with Gasteiger partial charge in [-0.15, -0.1) is 5.10 Å². The number of alkyl halides is 3. The molecule has 0 unspecified atom stereocenters. The number of methoxy groups -OCH3 is 1. The Hall–Kier alpha value is -3.61. The van der Waals surface area contributed by atoms with Crippen molar-refractivity contribution in [1.29, 1.82) is 0 Å². The number of thioether (sulfide) groups is 1. The minimum Gasteiger partial charge on any atom is -0.493 e. The highest BCUT2D eigenvalue weighted by Gasteiger charge is 2.33. The van der Waals surface area contributed by atoms with Gasteiger partial charge < -0.3 is 14.8 Å². The van der Waals surface area contributed by atoms with E-state index >= 15 is 0 Å². The Kier molecular flexibility index (Phi) is 6.44. The summed E-state index contributed by atoms with van der Waals surface area (Å²) in [6, 6.07) is 6.42. The van der Waals surface area contributed by atoms with E-state index in [-0.39, 0.29) is 28.9 Å². The van der Waals surface area contributed by atoms with Crippen LogP contribution < -0.4 is 14.8 Å². The van der Waals surface area contributed by atoms with Gasteiger partial charge in [-0.25, -0.2) is 0 Å². The van der Waals surface area contributed by atoms with Crippen LogP contribution in [0.4, 0.5) is 18.9 Å². The summed E-state index contributed by atoms with van der Waals surface area (Å²) in [6.45, 7) is 0. The molecule has 13 heteroatoms. The Bertz CT molecular complexity index is 1090. The van der Waals surface area contributed by atoms with Crippen molar-refractivity contribution in [3.63, 3.8) is 0 Å². The van der Waals surface area contributed by atoms with Gasteiger partial charge in [-0.1, -0.05) is 11.8 Å². The quantitative estimate of drug-likeness (QED) is 0.401. The highest BCUT2D eigenvalue weighted by molar-refractivity contribution is 8.15. The van der Waals surface area contributed by atoms with Crippen molar-refractivity contribution in [3.8, 4) is 17.2 Å². The van der Waals surface area contributed by atoms with Crippen LogP contribution in [0.2, 0.25) is 0 Å². The van der Waals surface area contributed by atoms with Crippen molar-refractivity contribution in [2.45, 2.75) is 6.18 Å². The highest BCUT2D eigenvalue weighted by Crippen LogP contribution is 2.40. The molecule has 1 aliphatic heterocycles. The van der Waals surface area contributed by atoms with Crippen LogP contribution in [0, 0.1) is 10.1 Å². The van der Waals surface area contributed by atoms with E-state index in [0.717, 1.165) is 6.07 Å². The van der Waals surface area contributed by atoms with Gasteiger partial charge in [0.2, 0.25) is 11.7 Å². The molecule has 0 saturated carbocycles. The maximum absolute atomic E-state index is 12.8.